The van der Waals surface area contributed by atoms with E-state index >= 15 is 0 Å². The second-order valence-electron chi connectivity index (χ2n) is 7.63. The van der Waals surface area contributed by atoms with E-state index in [1.807, 2.05) is 24.3 Å². The van der Waals surface area contributed by atoms with Crippen LogP contribution in [0.5, 0.6) is 0 Å². The van der Waals surface area contributed by atoms with E-state index in [1.165, 1.54) is 5.56 Å². The van der Waals surface area contributed by atoms with Gasteiger partial charge in [-0.1, -0.05) is 48.5 Å². The Hall–Kier alpha value is -2.72. The average molecular weight is 357 g/mol. The summed E-state index contributed by atoms with van der Waals surface area (Å²) in [5, 5.41) is 0. The van der Waals surface area contributed by atoms with E-state index in [0.717, 1.165) is 54.9 Å². The zero-order valence-corrected chi connectivity index (χ0v) is 15.3. The van der Waals surface area contributed by atoms with Crippen LogP contribution in [0.25, 0.3) is 11.0 Å². The Labute approximate surface area is 159 Å². The third-order valence-corrected chi connectivity index (χ3v) is 5.77. The number of carbonyl (C=O) groups excluding carboxylic acids is 1. The van der Waals surface area contributed by atoms with Crippen molar-refractivity contribution in [3.05, 3.63) is 77.6 Å². The number of para-hydroxylation sites is 2. The molecule has 3 aromatic rings. The minimum Gasteiger partial charge on any atom is -0.299 e. The van der Waals surface area contributed by atoms with Crippen LogP contribution in [0.1, 0.15) is 29.0 Å². The molecule has 27 heavy (non-hydrogen) atoms. The van der Waals surface area contributed by atoms with Crippen molar-refractivity contribution in [3.8, 4) is 0 Å². The van der Waals surface area contributed by atoms with Gasteiger partial charge in [0.05, 0.1) is 11.0 Å². The van der Waals surface area contributed by atoms with Crippen LogP contribution in [0.2, 0.25) is 0 Å². The molecule has 1 fully saturated rings. The fourth-order valence-electron chi connectivity index (χ4n) is 4.34. The number of allylic oxidation sites excluding steroid dienone is 2. The van der Waals surface area contributed by atoms with Crippen LogP contribution in [0.4, 0.5) is 0 Å². The molecule has 2 aliphatic rings. The van der Waals surface area contributed by atoms with Crippen LogP contribution < -0.4 is 0 Å². The average Bonchev–Trinajstić information content (AvgIpc) is 3.21. The van der Waals surface area contributed by atoms with Crippen LogP contribution in [-0.4, -0.2) is 33.4 Å². The highest BCUT2D eigenvalue weighted by Gasteiger charge is 2.29. The molecule has 0 spiro atoms. The molecule has 0 amide bonds. The molecule has 136 valence electrons. The predicted molar refractivity (Wildman–Crippen MR) is 107 cm³/mol. The number of nitrogens with zero attached hydrogens (tertiary/aromatic N) is 3. The Morgan fingerprint density at radius 2 is 1.74 bits per heavy atom. The number of aromatic nitrogens is 2. The molecule has 2 aliphatic heterocycles. The lowest BCUT2D eigenvalue weighted by Crippen LogP contribution is -2.32. The first kappa shape index (κ1) is 16.5. The van der Waals surface area contributed by atoms with Gasteiger partial charge >= 0.3 is 0 Å². The van der Waals surface area contributed by atoms with Gasteiger partial charge in [-0.25, -0.2) is 4.98 Å². The largest absolute Gasteiger partial charge is 0.299 e. The van der Waals surface area contributed by atoms with E-state index in [1.54, 1.807) is 4.57 Å². The highest BCUT2D eigenvalue weighted by atomic mass is 16.2. The zero-order valence-electron chi connectivity index (χ0n) is 15.3. The summed E-state index contributed by atoms with van der Waals surface area (Å²) in [4.78, 5) is 20.0. The SMILES string of the molecule is O=C1C(=CC2CCN(Cc3ccccc3)CC2)Cc2nc3ccccc3n21. The van der Waals surface area contributed by atoms with Gasteiger partial charge in [-0.3, -0.25) is 14.3 Å². The minimum absolute atomic E-state index is 0.116. The number of rotatable bonds is 3. The summed E-state index contributed by atoms with van der Waals surface area (Å²) >= 11 is 0. The molecule has 2 aromatic carbocycles. The molecule has 4 heteroatoms. The Bertz CT molecular complexity index is 1010. The molecular weight excluding hydrogens is 334 g/mol. The molecule has 0 unspecified atom stereocenters. The number of likely N-dealkylation sites (tertiary alicyclic amines) is 1. The number of piperidine rings is 1. The van der Waals surface area contributed by atoms with Crippen molar-refractivity contribution in [3.63, 3.8) is 0 Å². The molecule has 1 saturated heterocycles. The maximum absolute atomic E-state index is 12.9. The number of carbonyl (C=O) groups is 1. The summed E-state index contributed by atoms with van der Waals surface area (Å²) < 4.78 is 1.80. The molecule has 0 bridgehead atoms. The summed E-state index contributed by atoms with van der Waals surface area (Å²) in [6, 6.07) is 18.5. The van der Waals surface area contributed by atoms with Crippen molar-refractivity contribution >= 4 is 16.9 Å². The van der Waals surface area contributed by atoms with E-state index in [4.69, 9.17) is 0 Å². The van der Waals surface area contributed by atoms with Gasteiger partial charge in [-0.05, 0) is 49.5 Å². The lowest BCUT2D eigenvalue weighted by Gasteiger charge is -2.30. The highest BCUT2D eigenvalue weighted by Crippen LogP contribution is 2.29. The van der Waals surface area contributed by atoms with Gasteiger partial charge in [0.25, 0.3) is 5.91 Å². The first-order valence-corrected chi connectivity index (χ1v) is 9.76. The van der Waals surface area contributed by atoms with E-state index in [0.29, 0.717) is 12.3 Å². The van der Waals surface area contributed by atoms with Gasteiger partial charge < -0.3 is 0 Å². The van der Waals surface area contributed by atoms with E-state index < -0.39 is 0 Å². The second kappa shape index (κ2) is 6.78. The molecular formula is C23H23N3O. The molecule has 0 saturated carbocycles. The third-order valence-electron chi connectivity index (χ3n) is 5.77. The summed E-state index contributed by atoms with van der Waals surface area (Å²) in [7, 11) is 0. The molecule has 0 N–H and O–H groups in total. The highest BCUT2D eigenvalue weighted by molar-refractivity contribution is 6.04. The number of hydrogen-bond acceptors (Lipinski definition) is 3. The number of fused-ring (bicyclic) bond motifs is 3. The van der Waals surface area contributed by atoms with Crippen molar-refractivity contribution in [2.24, 2.45) is 5.92 Å². The van der Waals surface area contributed by atoms with Crippen molar-refractivity contribution in [2.75, 3.05) is 13.1 Å². The van der Waals surface area contributed by atoms with E-state index in [-0.39, 0.29) is 5.91 Å². The minimum atomic E-state index is 0.116. The monoisotopic (exact) mass is 357 g/mol. The quantitative estimate of drug-likeness (QED) is 0.663. The van der Waals surface area contributed by atoms with Crippen molar-refractivity contribution in [1.29, 1.82) is 0 Å². The van der Waals surface area contributed by atoms with Crippen LogP contribution in [0.3, 0.4) is 0 Å². The maximum atomic E-state index is 12.9. The van der Waals surface area contributed by atoms with Gasteiger partial charge in [0.1, 0.15) is 5.82 Å². The van der Waals surface area contributed by atoms with E-state index in [9.17, 15) is 4.79 Å². The van der Waals surface area contributed by atoms with E-state index in [2.05, 4.69) is 46.3 Å². The summed E-state index contributed by atoms with van der Waals surface area (Å²) in [6.07, 6.45) is 5.13. The molecule has 1 aromatic heterocycles. The summed E-state index contributed by atoms with van der Waals surface area (Å²) in [5.41, 5.74) is 4.13. The lowest BCUT2D eigenvalue weighted by atomic mass is 9.93. The fourth-order valence-corrected chi connectivity index (χ4v) is 4.34. The number of benzene rings is 2. The smallest absolute Gasteiger partial charge is 0.259 e. The maximum Gasteiger partial charge on any atom is 0.259 e. The Kier molecular flexibility index (Phi) is 4.13. The number of hydrogen-bond donors (Lipinski definition) is 0. The molecule has 0 atom stereocenters. The van der Waals surface area contributed by atoms with Crippen LogP contribution >= 0.6 is 0 Å². The van der Waals surface area contributed by atoms with Gasteiger partial charge in [0, 0.05) is 18.5 Å². The third kappa shape index (κ3) is 3.10. The van der Waals surface area contributed by atoms with Gasteiger partial charge in [-0.2, -0.15) is 0 Å². The van der Waals surface area contributed by atoms with Crippen LogP contribution in [0.15, 0.2) is 66.2 Å². The summed E-state index contributed by atoms with van der Waals surface area (Å²) in [6.45, 7) is 3.19. The van der Waals surface area contributed by atoms with Crippen LogP contribution in [0, 0.1) is 5.92 Å². The first-order chi connectivity index (χ1) is 13.3. The molecule has 4 nitrogen and oxygen atoms in total. The Morgan fingerprint density at radius 3 is 2.56 bits per heavy atom. The van der Waals surface area contributed by atoms with Gasteiger partial charge in [-0.15, -0.1) is 0 Å². The number of imidazole rings is 1. The standard InChI is InChI=1S/C23H23N3O/c27-23-19(15-22-24-20-8-4-5-9-21(20)26(22)23)14-17-10-12-25(13-11-17)16-18-6-2-1-3-7-18/h1-9,14,17H,10-13,15-16H2. The van der Waals surface area contributed by atoms with Gasteiger partial charge in [0.15, 0.2) is 0 Å². The Balaban J connectivity index is 1.26. The molecule has 5 rings (SSSR count). The topological polar surface area (TPSA) is 38.1 Å². The lowest BCUT2D eigenvalue weighted by molar-refractivity contribution is 0.0968. The van der Waals surface area contributed by atoms with Crippen molar-refractivity contribution < 1.29 is 4.79 Å². The fraction of sp³-hybridized carbons (Fsp3) is 0.304. The predicted octanol–water partition coefficient (Wildman–Crippen LogP) is 4.07. The second-order valence-corrected chi connectivity index (χ2v) is 7.63. The molecule has 0 radical (unpaired) electrons. The van der Waals surface area contributed by atoms with Crippen LogP contribution in [-0.2, 0) is 13.0 Å². The first-order valence-electron chi connectivity index (χ1n) is 9.76. The van der Waals surface area contributed by atoms with Crippen molar-refractivity contribution in [2.45, 2.75) is 25.8 Å². The van der Waals surface area contributed by atoms with Gasteiger partial charge in [0.2, 0.25) is 0 Å². The molecule has 3 heterocycles. The zero-order chi connectivity index (χ0) is 18.2. The normalized spacial score (nSPS) is 19.9. The van der Waals surface area contributed by atoms with Crippen molar-refractivity contribution in [1.82, 2.24) is 14.5 Å². The molecule has 0 aliphatic carbocycles. The summed E-state index contributed by atoms with van der Waals surface area (Å²) in [5.74, 6) is 1.49. The Morgan fingerprint density at radius 1 is 1.00 bits per heavy atom.